The number of rotatable bonds is 7. The first-order chi connectivity index (χ1) is 9.46. The smallest absolute Gasteiger partial charge is 0.323 e. The molecule has 0 radical (unpaired) electrons. The molecule has 1 heterocycles. The maximum atomic E-state index is 12.1. The van der Waals surface area contributed by atoms with Gasteiger partial charge in [-0.3, -0.25) is 9.59 Å². The summed E-state index contributed by atoms with van der Waals surface area (Å²) in [6.45, 7) is 3.63. The fraction of sp³-hybridized carbons (Fsp3) is 0.500. The summed E-state index contributed by atoms with van der Waals surface area (Å²) in [7, 11) is 0. The highest BCUT2D eigenvalue weighted by atomic mass is 35.5. The van der Waals surface area contributed by atoms with E-state index in [1.165, 1.54) is 6.20 Å². The quantitative estimate of drug-likeness (QED) is 0.476. The lowest BCUT2D eigenvalue weighted by Crippen LogP contribution is -2.42. The van der Waals surface area contributed by atoms with Crippen LogP contribution in [0.3, 0.4) is 0 Å². The molecule has 1 aromatic rings. The summed E-state index contributed by atoms with van der Waals surface area (Å²) in [5.41, 5.74) is -0.932. The van der Waals surface area contributed by atoms with Gasteiger partial charge in [0.1, 0.15) is 5.15 Å². The van der Waals surface area contributed by atoms with Crippen molar-refractivity contribution in [2.45, 2.75) is 33.1 Å². The highest BCUT2D eigenvalue weighted by Crippen LogP contribution is 2.31. The maximum absolute atomic E-state index is 12.1. The van der Waals surface area contributed by atoms with E-state index in [2.05, 4.69) is 4.98 Å². The number of halogens is 1. The van der Waals surface area contributed by atoms with Crippen LogP contribution in [0.1, 0.15) is 32.3 Å². The van der Waals surface area contributed by atoms with Crippen LogP contribution in [0.15, 0.2) is 18.3 Å². The lowest BCUT2D eigenvalue weighted by atomic mass is 9.78. The maximum Gasteiger partial charge on any atom is 0.323 e. The van der Waals surface area contributed by atoms with Gasteiger partial charge in [-0.2, -0.15) is 0 Å². The first kappa shape index (κ1) is 16.4. The van der Waals surface area contributed by atoms with E-state index in [-0.39, 0.29) is 19.4 Å². The molecule has 0 amide bonds. The Labute approximate surface area is 122 Å². The number of hydrogen-bond acceptors (Lipinski definition) is 4. The molecule has 1 atom stereocenters. The van der Waals surface area contributed by atoms with Gasteiger partial charge in [0, 0.05) is 12.6 Å². The van der Waals surface area contributed by atoms with Gasteiger partial charge in [0.25, 0.3) is 0 Å². The first-order valence-electron chi connectivity index (χ1n) is 6.47. The number of ether oxygens (including phenoxy) is 1. The molecule has 1 N–H and O–H groups in total. The van der Waals surface area contributed by atoms with Crippen molar-refractivity contribution in [3.05, 3.63) is 29.0 Å². The molecule has 0 bridgehead atoms. The average molecular weight is 300 g/mol. The van der Waals surface area contributed by atoms with E-state index in [1.807, 2.05) is 6.92 Å². The molecule has 0 aliphatic heterocycles. The molecule has 0 spiro atoms. The molecule has 1 unspecified atom stereocenters. The molecular formula is C14H18ClNO4. The molecule has 20 heavy (non-hydrogen) atoms. The van der Waals surface area contributed by atoms with Crippen LogP contribution in [0.25, 0.3) is 0 Å². The largest absolute Gasteiger partial charge is 0.480 e. The van der Waals surface area contributed by atoms with Gasteiger partial charge in [-0.05, 0) is 25.0 Å². The number of nitrogens with zero attached hydrogens (tertiary/aromatic N) is 1. The van der Waals surface area contributed by atoms with E-state index >= 15 is 0 Å². The number of pyridine rings is 1. The number of esters is 1. The topological polar surface area (TPSA) is 76.5 Å². The molecule has 1 rings (SSSR count). The van der Waals surface area contributed by atoms with Crippen LogP contribution in [-0.2, 0) is 20.7 Å². The Morgan fingerprint density at radius 2 is 2.10 bits per heavy atom. The predicted octanol–water partition coefficient (Wildman–Crippen LogP) is 2.71. The SMILES string of the molecule is CCCC(Cc1ccc(Cl)nc1)(C(=O)O)C(=O)OCC. The molecule has 0 saturated heterocycles. The third-order valence-corrected chi connectivity index (χ3v) is 3.27. The van der Waals surface area contributed by atoms with Gasteiger partial charge in [-0.15, -0.1) is 0 Å². The Balaban J connectivity index is 3.11. The zero-order valence-corrected chi connectivity index (χ0v) is 12.3. The van der Waals surface area contributed by atoms with Gasteiger partial charge in [-0.1, -0.05) is 31.0 Å². The summed E-state index contributed by atoms with van der Waals surface area (Å²) in [5.74, 6) is -1.88. The highest BCUT2D eigenvalue weighted by Gasteiger charge is 2.47. The summed E-state index contributed by atoms with van der Waals surface area (Å²) >= 11 is 5.70. The van der Waals surface area contributed by atoms with Gasteiger partial charge in [-0.25, -0.2) is 4.98 Å². The first-order valence-corrected chi connectivity index (χ1v) is 6.85. The van der Waals surface area contributed by atoms with Gasteiger partial charge < -0.3 is 9.84 Å². The van der Waals surface area contributed by atoms with E-state index in [0.29, 0.717) is 17.1 Å². The zero-order valence-electron chi connectivity index (χ0n) is 11.6. The zero-order chi connectivity index (χ0) is 15.2. The molecule has 0 aliphatic rings. The van der Waals surface area contributed by atoms with Gasteiger partial charge in [0.2, 0.25) is 0 Å². The molecular weight excluding hydrogens is 282 g/mol. The van der Waals surface area contributed by atoms with Gasteiger partial charge in [0.05, 0.1) is 6.61 Å². The van der Waals surface area contributed by atoms with E-state index in [9.17, 15) is 14.7 Å². The summed E-state index contributed by atoms with van der Waals surface area (Å²) in [4.78, 5) is 27.7. The number of aromatic nitrogens is 1. The van der Waals surface area contributed by atoms with Crippen molar-refractivity contribution in [1.82, 2.24) is 4.98 Å². The Hall–Kier alpha value is -1.62. The van der Waals surface area contributed by atoms with Gasteiger partial charge >= 0.3 is 11.9 Å². The second-order valence-corrected chi connectivity index (χ2v) is 4.91. The summed E-state index contributed by atoms with van der Waals surface area (Å²) in [6.07, 6.45) is 2.30. The van der Waals surface area contributed by atoms with Crippen LogP contribution in [0, 0.1) is 5.41 Å². The Morgan fingerprint density at radius 1 is 1.40 bits per heavy atom. The molecule has 1 aromatic heterocycles. The molecule has 0 aromatic carbocycles. The molecule has 0 saturated carbocycles. The second-order valence-electron chi connectivity index (χ2n) is 4.52. The fourth-order valence-corrected chi connectivity index (χ4v) is 2.20. The van der Waals surface area contributed by atoms with E-state index in [1.54, 1.807) is 19.1 Å². The Morgan fingerprint density at radius 3 is 2.55 bits per heavy atom. The molecule has 5 nitrogen and oxygen atoms in total. The van der Waals surface area contributed by atoms with Crippen LogP contribution >= 0.6 is 11.6 Å². The van der Waals surface area contributed by atoms with Crippen molar-refractivity contribution >= 4 is 23.5 Å². The van der Waals surface area contributed by atoms with Crippen molar-refractivity contribution in [2.24, 2.45) is 5.41 Å². The standard InChI is InChI=1S/C14H18ClNO4/c1-3-7-14(12(17)18,13(19)20-4-2)8-10-5-6-11(15)16-9-10/h5-6,9H,3-4,7-8H2,1-2H3,(H,17,18). The molecule has 6 heteroatoms. The normalized spacial score (nSPS) is 13.6. The minimum absolute atomic E-state index is 0.0408. The van der Waals surface area contributed by atoms with Crippen LogP contribution < -0.4 is 0 Å². The Kier molecular flexibility index (Phi) is 5.95. The van der Waals surface area contributed by atoms with Crippen molar-refractivity contribution in [3.8, 4) is 0 Å². The number of aliphatic carboxylic acids is 1. The predicted molar refractivity (Wildman–Crippen MR) is 74.6 cm³/mol. The lowest BCUT2D eigenvalue weighted by molar-refractivity contribution is -0.169. The summed E-state index contributed by atoms with van der Waals surface area (Å²) < 4.78 is 4.95. The van der Waals surface area contributed by atoms with Crippen molar-refractivity contribution < 1.29 is 19.4 Å². The van der Waals surface area contributed by atoms with E-state index in [0.717, 1.165) is 0 Å². The second kappa shape index (κ2) is 7.24. The monoisotopic (exact) mass is 299 g/mol. The average Bonchev–Trinajstić information content (AvgIpc) is 2.40. The van der Waals surface area contributed by atoms with E-state index < -0.39 is 17.4 Å². The van der Waals surface area contributed by atoms with Crippen molar-refractivity contribution in [3.63, 3.8) is 0 Å². The third kappa shape index (κ3) is 3.70. The minimum atomic E-state index is -1.57. The third-order valence-electron chi connectivity index (χ3n) is 3.05. The van der Waals surface area contributed by atoms with Gasteiger partial charge in [0.15, 0.2) is 5.41 Å². The number of carbonyl (C=O) groups excluding carboxylic acids is 1. The molecule has 0 aliphatic carbocycles. The van der Waals surface area contributed by atoms with Crippen LogP contribution in [0.4, 0.5) is 0 Å². The van der Waals surface area contributed by atoms with Crippen LogP contribution in [-0.4, -0.2) is 28.6 Å². The molecule has 110 valence electrons. The number of carboxylic acids is 1. The number of carboxylic acid groups (broad SMARTS) is 1. The molecule has 0 fully saturated rings. The van der Waals surface area contributed by atoms with Crippen LogP contribution in [0.5, 0.6) is 0 Å². The van der Waals surface area contributed by atoms with Crippen LogP contribution in [0.2, 0.25) is 5.15 Å². The summed E-state index contributed by atoms with van der Waals surface area (Å²) in [5, 5.41) is 9.84. The van der Waals surface area contributed by atoms with Crippen molar-refractivity contribution in [1.29, 1.82) is 0 Å². The number of hydrogen-bond donors (Lipinski definition) is 1. The fourth-order valence-electron chi connectivity index (χ4n) is 2.09. The lowest BCUT2D eigenvalue weighted by Gasteiger charge is -2.26. The highest BCUT2D eigenvalue weighted by molar-refractivity contribution is 6.29. The summed E-state index contributed by atoms with van der Waals surface area (Å²) in [6, 6.07) is 3.24. The Bertz CT molecular complexity index is 475. The number of carbonyl (C=O) groups is 2. The van der Waals surface area contributed by atoms with E-state index in [4.69, 9.17) is 16.3 Å². The minimum Gasteiger partial charge on any atom is -0.480 e. The van der Waals surface area contributed by atoms with Crippen molar-refractivity contribution in [2.75, 3.05) is 6.61 Å².